The Morgan fingerprint density at radius 1 is 0.939 bits per heavy atom. The van der Waals surface area contributed by atoms with Crippen LogP contribution in [-0.2, 0) is 16.0 Å². The number of methoxy groups -OCH3 is 1. The Bertz CT molecular complexity index is 1200. The number of benzene rings is 3. The van der Waals surface area contributed by atoms with E-state index >= 15 is 0 Å². The number of carbonyl (C=O) groups is 2. The molecule has 168 valence electrons. The fraction of sp³-hybridized carbons (Fsp3) is 0.185. The molecule has 0 radical (unpaired) electrons. The van der Waals surface area contributed by atoms with Gasteiger partial charge in [0.05, 0.1) is 18.4 Å². The van der Waals surface area contributed by atoms with Crippen LogP contribution >= 0.6 is 0 Å². The summed E-state index contributed by atoms with van der Waals surface area (Å²) in [6.07, 6.45) is 3.11. The summed E-state index contributed by atoms with van der Waals surface area (Å²) in [4.78, 5) is 28.1. The average Bonchev–Trinajstić information content (AvgIpc) is 3.07. The molecule has 3 aromatic rings. The molecule has 4 rings (SSSR count). The number of nitrogens with one attached hydrogen (secondary N) is 1. The van der Waals surface area contributed by atoms with E-state index in [1.807, 2.05) is 12.1 Å². The van der Waals surface area contributed by atoms with E-state index in [9.17, 15) is 14.0 Å². The maximum absolute atomic E-state index is 13.8. The van der Waals surface area contributed by atoms with Gasteiger partial charge in [-0.25, -0.2) is 9.29 Å². The van der Waals surface area contributed by atoms with Crippen LogP contribution in [0.3, 0.4) is 0 Å². The van der Waals surface area contributed by atoms with Gasteiger partial charge in [-0.2, -0.15) is 0 Å². The van der Waals surface area contributed by atoms with Crippen molar-refractivity contribution in [1.29, 1.82) is 0 Å². The van der Waals surface area contributed by atoms with Crippen molar-refractivity contribution < 1.29 is 18.7 Å². The Morgan fingerprint density at radius 2 is 1.67 bits per heavy atom. The van der Waals surface area contributed by atoms with Gasteiger partial charge in [0.15, 0.2) is 0 Å². The largest absolute Gasteiger partial charge is 0.497 e. The highest BCUT2D eigenvalue weighted by Gasteiger charge is 2.40. The first-order chi connectivity index (χ1) is 16.0. The predicted molar refractivity (Wildman–Crippen MR) is 127 cm³/mol. The van der Waals surface area contributed by atoms with Gasteiger partial charge in [0.25, 0.3) is 11.8 Å². The number of anilines is 2. The Hall–Kier alpha value is -3.93. The first-order valence-corrected chi connectivity index (χ1v) is 10.9. The minimum Gasteiger partial charge on any atom is -0.497 e. The summed E-state index contributed by atoms with van der Waals surface area (Å²) < 4.78 is 19.0. The summed E-state index contributed by atoms with van der Waals surface area (Å²) >= 11 is 0. The molecule has 0 bridgehead atoms. The zero-order valence-corrected chi connectivity index (χ0v) is 18.6. The molecule has 0 unspecified atom stereocenters. The van der Waals surface area contributed by atoms with E-state index in [4.69, 9.17) is 4.74 Å². The van der Waals surface area contributed by atoms with Gasteiger partial charge in [-0.05, 0) is 66.4 Å². The number of amides is 2. The van der Waals surface area contributed by atoms with Crippen LogP contribution in [-0.4, -0.2) is 18.9 Å². The van der Waals surface area contributed by atoms with Gasteiger partial charge in [-0.1, -0.05) is 43.7 Å². The number of ether oxygens (including phenoxy) is 1. The Balaban J connectivity index is 1.73. The number of unbranched alkanes of at least 4 members (excludes halogenated alkanes) is 1. The maximum Gasteiger partial charge on any atom is 0.282 e. The van der Waals surface area contributed by atoms with Crippen LogP contribution in [0.4, 0.5) is 15.8 Å². The lowest BCUT2D eigenvalue weighted by atomic mass is 10.0. The number of hydrogen-bond acceptors (Lipinski definition) is 4. The van der Waals surface area contributed by atoms with Crippen LogP contribution in [0.25, 0.3) is 5.57 Å². The van der Waals surface area contributed by atoms with Crippen LogP contribution in [0, 0.1) is 5.82 Å². The first kappa shape index (κ1) is 22.3. The van der Waals surface area contributed by atoms with E-state index in [1.165, 1.54) is 12.1 Å². The number of halogens is 1. The van der Waals surface area contributed by atoms with Gasteiger partial charge in [-0.15, -0.1) is 0 Å². The number of aryl methyl sites for hydroxylation is 1. The summed E-state index contributed by atoms with van der Waals surface area (Å²) in [5.74, 6) is -0.736. The molecule has 3 aromatic carbocycles. The predicted octanol–water partition coefficient (Wildman–Crippen LogP) is 5.57. The van der Waals surface area contributed by atoms with Gasteiger partial charge >= 0.3 is 0 Å². The highest BCUT2D eigenvalue weighted by molar-refractivity contribution is 6.46. The second-order valence-electron chi connectivity index (χ2n) is 7.83. The van der Waals surface area contributed by atoms with Gasteiger partial charge in [0.1, 0.15) is 17.3 Å². The van der Waals surface area contributed by atoms with Crippen molar-refractivity contribution in [2.45, 2.75) is 26.2 Å². The second kappa shape index (κ2) is 9.69. The lowest BCUT2D eigenvalue weighted by molar-refractivity contribution is -0.120. The quantitative estimate of drug-likeness (QED) is 0.461. The molecule has 0 atom stereocenters. The van der Waals surface area contributed by atoms with E-state index in [0.717, 1.165) is 29.7 Å². The van der Waals surface area contributed by atoms with Crippen molar-refractivity contribution in [1.82, 2.24) is 0 Å². The van der Waals surface area contributed by atoms with E-state index in [2.05, 4.69) is 12.2 Å². The molecule has 0 aliphatic carbocycles. The number of imide groups is 1. The summed E-state index contributed by atoms with van der Waals surface area (Å²) in [5.41, 5.74) is 2.92. The monoisotopic (exact) mass is 444 g/mol. The van der Waals surface area contributed by atoms with Crippen LogP contribution in [0.15, 0.2) is 78.5 Å². The molecular formula is C27H25FN2O3. The Morgan fingerprint density at radius 3 is 2.30 bits per heavy atom. The fourth-order valence-corrected chi connectivity index (χ4v) is 3.81. The van der Waals surface area contributed by atoms with Crippen molar-refractivity contribution >= 4 is 28.8 Å². The molecule has 33 heavy (non-hydrogen) atoms. The van der Waals surface area contributed by atoms with Crippen LogP contribution < -0.4 is 15.0 Å². The molecule has 0 saturated carbocycles. The summed E-state index contributed by atoms with van der Waals surface area (Å²) in [7, 11) is 1.56. The smallest absolute Gasteiger partial charge is 0.282 e. The zero-order valence-electron chi connectivity index (χ0n) is 18.6. The molecule has 0 fully saturated rings. The maximum atomic E-state index is 13.8. The molecule has 0 spiro atoms. The van der Waals surface area contributed by atoms with Crippen molar-refractivity contribution in [3.8, 4) is 5.75 Å². The lowest BCUT2D eigenvalue weighted by Gasteiger charge is -2.16. The lowest BCUT2D eigenvalue weighted by Crippen LogP contribution is -2.32. The van der Waals surface area contributed by atoms with E-state index in [-0.39, 0.29) is 11.3 Å². The van der Waals surface area contributed by atoms with Gasteiger partial charge in [0, 0.05) is 5.69 Å². The molecule has 1 aliphatic heterocycles. The highest BCUT2D eigenvalue weighted by atomic mass is 19.1. The SMILES string of the molecule is CCCCc1ccc(N2C(=O)C(Nc3cccc(F)c3)=C(c3ccc(OC)cc3)C2=O)cc1. The van der Waals surface area contributed by atoms with Crippen molar-refractivity contribution in [3.05, 3.63) is 95.4 Å². The van der Waals surface area contributed by atoms with Gasteiger partial charge in [-0.3, -0.25) is 9.59 Å². The molecule has 2 amide bonds. The van der Waals surface area contributed by atoms with Crippen LogP contribution in [0.5, 0.6) is 5.75 Å². The van der Waals surface area contributed by atoms with E-state index in [1.54, 1.807) is 55.6 Å². The minimum absolute atomic E-state index is 0.103. The Labute approximate surface area is 192 Å². The normalized spacial score (nSPS) is 13.6. The van der Waals surface area contributed by atoms with E-state index < -0.39 is 17.6 Å². The van der Waals surface area contributed by atoms with Crippen LogP contribution in [0.1, 0.15) is 30.9 Å². The number of hydrogen-bond donors (Lipinski definition) is 1. The number of rotatable bonds is 8. The minimum atomic E-state index is -0.489. The van der Waals surface area contributed by atoms with Crippen molar-refractivity contribution in [2.75, 3.05) is 17.3 Å². The molecule has 1 heterocycles. The van der Waals surface area contributed by atoms with Crippen molar-refractivity contribution in [3.63, 3.8) is 0 Å². The summed E-state index contributed by atoms with van der Waals surface area (Å²) in [6, 6.07) is 20.1. The standard InChI is InChI=1S/C27H25FN2O3/c1-3-4-6-18-9-13-22(14-10-18)30-26(31)24(19-11-15-23(33-2)16-12-19)25(27(30)32)29-21-8-5-7-20(28)17-21/h5,7-17,29H,3-4,6H2,1-2H3. The third-order valence-electron chi connectivity index (χ3n) is 5.57. The molecule has 1 N–H and O–H groups in total. The molecule has 6 heteroatoms. The van der Waals surface area contributed by atoms with Crippen LogP contribution in [0.2, 0.25) is 0 Å². The van der Waals surface area contributed by atoms with E-state index in [0.29, 0.717) is 22.7 Å². The topological polar surface area (TPSA) is 58.6 Å². The third kappa shape index (κ3) is 4.65. The molecular weight excluding hydrogens is 419 g/mol. The van der Waals surface area contributed by atoms with Gasteiger partial charge in [0.2, 0.25) is 0 Å². The average molecular weight is 445 g/mol. The molecule has 5 nitrogen and oxygen atoms in total. The first-order valence-electron chi connectivity index (χ1n) is 10.9. The zero-order chi connectivity index (χ0) is 23.4. The highest BCUT2D eigenvalue weighted by Crippen LogP contribution is 2.34. The van der Waals surface area contributed by atoms with Gasteiger partial charge < -0.3 is 10.1 Å². The fourth-order valence-electron chi connectivity index (χ4n) is 3.81. The summed E-state index contributed by atoms with van der Waals surface area (Å²) in [5, 5.41) is 2.97. The molecule has 0 aromatic heterocycles. The number of carbonyl (C=O) groups excluding carboxylic acids is 2. The van der Waals surface area contributed by atoms with Crippen molar-refractivity contribution in [2.24, 2.45) is 0 Å². The second-order valence-corrected chi connectivity index (χ2v) is 7.83. The molecule has 0 saturated heterocycles. The summed E-state index contributed by atoms with van der Waals surface area (Å²) in [6.45, 7) is 2.13. The number of nitrogens with zero attached hydrogens (tertiary/aromatic N) is 1. The Kier molecular flexibility index (Phi) is 6.54. The molecule has 1 aliphatic rings. The third-order valence-corrected chi connectivity index (χ3v) is 5.57.